The molecular weight excluding hydrogens is 234 g/mol. The van der Waals surface area contributed by atoms with Crippen molar-refractivity contribution in [1.82, 2.24) is 0 Å². The first-order valence-electron chi connectivity index (χ1n) is 5.98. The van der Waals surface area contributed by atoms with Gasteiger partial charge in [0.05, 0.1) is 4.92 Å². The number of carbonyl (C=O) groups excluding carboxylic acids is 1. The van der Waals surface area contributed by atoms with Crippen molar-refractivity contribution in [3.8, 4) is 5.75 Å². The Morgan fingerprint density at radius 2 is 2.00 bits per heavy atom. The minimum absolute atomic E-state index is 0.0193. The first-order valence-corrected chi connectivity index (χ1v) is 5.98. The number of carbonyl (C=O) groups is 1. The lowest BCUT2D eigenvalue weighted by molar-refractivity contribution is -0.384. The topological polar surface area (TPSA) is 69.4 Å². The summed E-state index contributed by atoms with van der Waals surface area (Å²) in [4.78, 5) is 21.5. The van der Waals surface area contributed by atoms with E-state index < -0.39 is 4.92 Å². The molecule has 0 amide bonds. The highest BCUT2D eigenvalue weighted by Crippen LogP contribution is 2.19. The van der Waals surface area contributed by atoms with E-state index in [1.165, 1.54) is 24.3 Å². The molecule has 0 saturated heterocycles. The highest BCUT2D eigenvalue weighted by Gasteiger charge is 2.11. The maximum absolute atomic E-state index is 11.6. The van der Waals surface area contributed by atoms with E-state index in [1.807, 2.05) is 6.92 Å². The van der Waals surface area contributed by atoms with Crippen LogP contribution in [0.4, 0.5) is 5.69 Å². The summed E-state index contributed by atoms with van der Waals surface area (Å²) < 4.78 is 5.10. The van der Waals surface area contributed by atoms with Crippen molar-refractivity contribution in [2.24, 2.45) is 5.92 Å². The summed E-state index contributed by atoms with van der Waals surface area (Å²) in [5, 5.41) is 10.4. The lowest BCUT2D eigenvalue weighted by Crippen LogP contribution is -2.12. The number of rotatable bonds is 6. The number of esters is 1. The molecule has 0 heterocycles. The third kappa shape index (κ3) is 4.53. The monoisotopic (exact) mass is 251 g/mol. The molecule has 1 rings (SSSR count). The lowest BCUT2D eigenvalue weighted by Gasteiger charge is -2.09. The molecule has 1 aromatic rings. The highest BCUT2D eigenvalue weighted by atomic mass is 16.6. The molecule has 0 aliphatic heterocycles. The van der Waals surface area contributed by atoms with E-state index in [0.717, 1.165) is 12.8 Å². The summed E-state index contributed by atoms with van der Waals surface area (Å²) in [6, 6.07) is 5.50. The number of nitro groups is 1. The number of ether oxygens (including phenoxy) is 1. The average Bonchev–Trinajstić information content (AvgIpc) is 2.29. The zero-order chi connectivity index (χ0) is 13.5. The largest absolute Gasteiger partial charge is 0.427 e. The van der Waals surface area contributed by atoms with Gasteiger partial charge < -0.3 is 4.74 Å². The zero-order valence-corrected chi connectivity index (χ0v) is 10.6. The molecule has 0 aromatic heterocycles. The Bertz CT molecular complexity index is 414. The molecular formula is C13H17NO4. The van der Waals surface area contributed by atoms with Crippen LogP contribution in [-0.2, 0) is 4.79 Å². The first-order chi connectivity index (χ1) is 8.52. The molecule has 0 N–H and O–H groups in total. The molecule has 0 aliphatic rings. The van der Waals surface area contributed by atoms with Crippen LogP contribution < -0.4 is 4.74 Å². The second-order valence-corrected chi connectivity index (χ2v) is 4.32. The van der Waals surface area contributed by atoms with Crippen LogP contribution in [0.25, 0.3) is 0 Å². The second-order valence-electron chi connectivity index (χ2n) is 4.32. The summed E-state index contributed by atoms with van der Waals surface area (Å²) in [5.74, 6) is 0.333. The van der Waals surface area contributed by atoms with E-state index in [9.17, 15) is 14.9 Å². The normalized spacial score (nSPS) is 11.9. The van der Waals surface area contributed by atoms with Gasteiger partial charge in [-0.3, -0.25) is 14.9 Å². The van der Waals surface area contributed by atoms with Gasteiger partial charge in [-0.25, -0.2) is 0 Å². The number of hydrogen-bond acceptors (Lipinski definition) is 4. The van der Waals surface area contributed by atoms with Gasteiger partial charge >= 0.3 is 5.97 Å². The molecule has 0 aliphatic carbocycles. The lowest BCUT2D eigenvalue weighted by atomic mass is 10.0. The summed E-state index contributed by atoms with van der Waals surface area (Å²) in [5.41, 5.74) is -0.0193. The molecule has 0 radical (unpaired) electrons. The van der Waals surface area contributed by atoms with Gasteiger partial charge in [0.2, 0.25) is 0 Å². The van der Waals surface area contributed by atoms with Crippen LogP contribution in [0, 0.1) is 16.0 Å². The Balaban J connectivity index is 2.51. The van der Waals surface area contributed by atoms with E-state index in [0.29, 0.717) is 18.1 Å². The molecule has 1 unspecified atom stereocenters. The first kappa shape index (κ1) is 14.2. The summed E-state index contributed by atoms with van der Waals surface area (Å²) in [6.45, 7) is 4.07. The van der Waals surface area contributed by atoms with Gasteiger partial charge in [0, 0.05) is 18.6 Å². The molecule has 0 saturated carbocycles. The van der Waals surface area contributed by atoms with Gasteiger partial charge in [0.25, 0.3) is 5.69 Å². The van der Waals surface area contributed by atoms with Gasteiger partial charge in [-0.05, 0) is 18.1 Å². The second kappa shape index (κ2) is 6.74. The molecule has 0 bridgehead atoms. The van der Waals surface area contributed by atoms with Crippen molar-refractivity contribution < 1.29 is 14.5 Å². The van der Waals surface area contributed by atoms with Crippen molar-refractivity contribution in [2.75, 3.05) is 0 Å². The number of non-ortho nitro benzene ring substituents is 1. The summed E-state index contributed by atoms with van der Waals surface area (Å²) in [6.07, 6.45) is 2.38. The number of benzene rings is 1. The Morgan fingerprint density at radius 3 is 2.50 bits per heavy atom. The van der Waals surface area contributed by atoms with Crippen LogP contribution >= 0.6 is 0 Å². The third-order valence-electron chi connectivity index (χ3n) is 2.58. The fourth-order valence-corrected chi connectivity index (χ4v) is 1.69. The van der Waals surface area contributed by atoms with Crippen LogP contribution in [0.1, 0.15) is 33.1 Å². The van der Waals surface area contributed by atoms with E-state index in [4.69, 9.17) is 4.74 Å². The van der Waals surface area contributed by atoms with Crippen molar-refractivity contribution in [3.63, 3.8) is 0 Å². The fraction of sp³-hybridized carbons (Fsp3) is 0.462. The molecule has 1 atom stereocenters. The zero-order valence-electron chi connectivity index (χ0n) is 10.6. The van der Waals surface area contributed by atoms with E-state index in [2.05, 4.69) is 6.92 Å². The summed E-state index contributed by atoms with van der Waals surface area (Å²) in [7, 11) is 0. The van der Waals surface area contributed by atoms with E-state index in [-0.39, 0.29) is 11.7 Å². The van der Waals surface area contributed by atoms with Crippen molar-refractivity contribution in [2.45, 2.75) is 33.1 Å². The number of nitrogens with zero attached hydrogens (tertiary/aromatic N) is 1. The fourth-order valence-electron chi connectivity index (χ4n) is 1.69. The average molecular weight is 251 g/mol. The smallest absolute Gasteiger partial charge is 0.311 e. The quantitative estimate of drug-likeness (QED) is 0.336. The highest BCUT2D eigenvalue weighted by molar-refractivity contribution is 5.72. The molecule has 0 fully saturated rings. The third-order valence-corrected chi connectivity index (χ3v) is 2.58. The predicted octanol–water partition coefficient (Wildman–Crippen LogP) is 3.33. The number of hydrogen-bond donors (Lipinski definition) is 0. The van der Waals surface area contributed by atoms with Gasteiger partial charge in [-0.1, -0.05) is 26.7 Å². The minimum atomic E-state index is -0.491. The minimum Gasteiger partial charge on any atom is -0.427 e. The van der Waals surface area contributed by atoms with Crippen LogP contribution in [0.2, 0.25) is 0 Å². The standard InChI is InChI=1S/C13H17NO4/c1-3-4-10(2)9-13(15)18-12-7-5-11(6-8-12)14(16)17/h5-8,10H,3-4,9H2,1-2H3. The molecule has 5 nitrogen and oxygen atoms in total. The SMILES string of the molecule is CCCC(C)CC(=O)Oc1ccc([N+](=O)[O-])cc1. The summed E-state index contributed by atoms with van der Waals surface area (Å²) >= 11 is 0. The Kier molecular flexibility index (Phi) is 5.30. The van der Waals surface area contributed by atoms with Crippen molar-refractivity contribution in [1.29, 1.82) is 0 Å². The Hall–Kier alpha value is -1.91. The van der Waals surface area contributed by atoms with Crippen LogP contribution in [0.3, 0.4) is 0 Å². The van der Waals surface area contributed by atoms with Crippen LogP contribution in [-0.4, -0.2) is 10.9 Å². The predicted molar refractivity (Wildman–Crippen MR) is 67.4 cm³/mol. The Morgan fingerprint density at radius 1 is 1.39 bits per heavy atom. The van der Waals surface area contributed by atoms with Gasteiger partial charge in [0.15, 0.2) is 0 Å². The molecule has 98 valence electrons. The Labute approximate surface area is 106 Å². The van der Waals surface area contributed by atoms with Crippen LogP contribution in [0.15, 0.2) is 24.3 Å². The number of nitro benzene ring substituents is 1. The molecule has 18 heavy (non-hydrogen) atoms. The maximum atomic E-state index is 11.6. The maximum Gasteiger partial charge on any atom is 0.311 e. The molecule has 1 aromatic carbocycles. The van der Waals surface area contributed by atoms with E-state index >= 15 is 0 Å². The van der Waals surface area contributed by atoms with E-state index in [1.54, 1.807) is 0 Å². The molecule has 5 heteroatoms. The van der Waals surface area contributed by atoms with Crippen LogP contribution in [0.5, 0.6) is 5.75 Å². The van der Waals surface area contributed by atoms with Gasteiger partial charge in [-0.15, -0.1) is 0 Å². The van der Waals surface area contributed by atoms with Crippen molar-refractivity contribution >= 4 is 11.7 Å². The van der Waals surface area contributed by atoms with Gasteiger partial charge in [-0.2, -0.15) is 0 Å². The van der Waals surface area contributed by atoms with Gasteiger partial charge in [0.1, 0.15) is 5.75 Å². The van der Waals surface area contributed by atoms with Crippen molar-refractivity contribution in [3.05, 3.63) is 34.4 Å². The molecule has 0 spiro atoms.